The van der Waals surface area contributed by atoms with Crippen molar-refractivity contribution in [2.75, 3.05) is 11.5 Å². The summed E-state index contributed by atoms with van der Waals surface area (Å²) < 4.78 is 24.7. The zero-order valence-corrected chi connectivity index (χ0v) is 13.9. The number of nitrogens with zero attached hydrogens (tertiary/aromatic N) is 2. The third-order valence-electron chi connectivity index (χ3n) is 4.07. The lowest BCUT2D eigenvalue weighted by molar-refractivity contribution is 0.0940. The van der Waals surface area contributed by atoms with Gasteiger partial charge in [-0.15, -0.1) is 0 Å². The van der Waals surface area contributed by atoms with Gasteiger partial charge in [0.25, 0.3) is 5.91 Å². The highest BCUT2D eigenvalue weighted by atomic mass is 32.2. The summed E-state index contributed by atoms with van der Waals surface area (Å²) in [6, 6.07) is 7.55. The van der Waals surface area contributed by atoms with Crippen LogP contribution in [0.1, 0.15) is 28.0 Å². The molecule has 0 aliphatic carbocycles. The van der Waals surface area contributed by atoms with Gasteiger partial charge in [0.15, 0.2) is 9.84 Å². The first kappa shape index (κ1) is 15.7. The van der Waals surface area contributed by atoms with Gasteiger partial charge in [-0.2, -0.15) is 5.10 Å². The van der Waals surface area contributed by atoms with Crippen LogP contribution in [0.3, 0.4) is 0 Å². The predicted molar refractivity (Wildman–Crippen MR) is 87.6 cm³/mol. The number of benzene rings is 1. The van der Waals surface area contributed by atoms with E-state index in [0.29, 0.717) is 12.0 Å². The van der Waals surface area contributed by atoms with Crippen LogP contribution in [0.2, 0.25) is 0 Å². The number of amides is 1. The number of carbonyl (C=O) groups is 1. The Kier molecular flexibility index (Phi) is 3.97. The Morgan fingerprint density at radius 2 is 2.13 bits per heavy atom. The van der Waals surface area contributed by atoms with E-state index in [4.69, 9.17) is 0 Å². The monoisotopic (exact) mass is 333 g/mol. The third-order valence-corrected chi connectivity index (χ3v) is 5.84. The van der Waals surface area contributed by atoms with E-state index >= 15 is 0 Å². The molecule has 1 atom stereocenters. The van der Waals surface area contributed by atoms with E-state index in [1.807, 2.05) is 38.1 Å². The van der Waals surface area contributed by atoms with Gasteiger partial charge in [-0.1, -0.05) is 12.1 Å². The molecule has 1 N–H and O–H groups in total. The van der Waals surface area contributed by atoms with E-state index in [0.717, 1.165) is 16.9 Å². The maximum absolute atomic E-state index is 12.4. The molecule has 0 spiro atoms. The molecule has 0 radical (unpaired) electrons. The molecule has 7 heteroatoms. The Morgan fingerprint density at radius 1 is 1.35 bits per heavy atom. The van der Waals surface area contributed by atoms with Gasteiger partial charge in [-0.3, -0.25) is 4.79 Å². The van der Waals surface area contributed by atoms with Crippen molar-refractivity contribution in [3.05, 3.63) is 47.3 Å². The van der Waals surface area contributed by atoms with Crippen molar-refractivity contribution in [3.63, 3.8) is 0 Å². The highest BCUT2D eigenvalue weighted by Crippen LogP contribution is 2.17. The normalized spacial score (nSPS) is 19.7. The minimum atomic E-state index is -3.01. The second-order valence-electron chi connectivity index (χ2n) is 5.97. The van der Waals surface area contributed by atoms with Gasteiger partial charge in [0.1, 0.15) is 0 Å². The largest absolute Gasteiger partial charge is 0.348 e. The van der Waals surface area contributed by atoms with Crippen LogP contribution >= 0.6 is 0 Å². The van der Waals surface area contributed by atoms with Crippen LogP contribution < -0.4 is 5.32 Å². The molecule has 2 heterocycles. The summed E-state index contributed by atoms with van der Waals surface area (Å²) in [6.07, 6.45) is 2.00. The van der Waals surface area contributed by atoms with Crippen molar-refractivity contribution in [3.8, 4) is 5.69 Å². The van der Waals surface area contributed by atoms with Crippen LogP contribution in [-0.4, -0.2) is 41.7 Å². The summed E-state index contributed by atoms with van der Waals surface area (Å²) in [6.45, 7) is 3.83. The SMILES string of the molecule is Cc1cccc(-n2ncc(C(=O)NC3CCS(=O)(=O)C3)c2C)c1. The lowest BCUT2D eigenvalue weighted by Gasteiger charge is -2.11. The molecule has 0 saturated carbocycles. The van der Waals surface area contributed by atoms with Crippen molar-refractivity contribution in [1.29, 1.82) is 0 Å². The topological polar surface area (TPSA) is 81.1 Å². The third kappa shape index (κ3) is 3.29. The van der Waals surface area contributed by atoms with Gasteiger partial charge in [0.05, 0.1) is 34.6 Å². The van der Waals surface area contributed by atoms with E-state index in [1.54, 1.807) is 4.68 Å². The predicted octanol–water partition coefficient (Wildman–Crippen LogP) is 1.41. The second-order valence-corrected chi connectivity index (χ2v) is 8.20. The van der Waals surface area contributed by atoms with Gasteiger partial charge in [-0.25, -0.2) is 13.1 Å². The van der Waals surface area contributed by atoms with E-state index in [-0.39, 0.29) is 23.5 Å². The molecule has 3 rings (SSSR count). The highest BCUT2D eigenvalue weighted by Gasteiger charge is 2.29. The van der Waals surface area contributed by atoms with Crippen LogP contribution in [0.15, 0.2) is 30.5 Å². The van der Waals surface area contributed by atoms with Crippen molar-refractivity contribution < 1.29 is 13.2 Å². The summed E-state index contributed by atoms with van der Waals surface area (Å²) in [4.78, 5) is 12.4. The highest BCUT2D eigenvalue weighted by molar-refractivity contribution is 7.91. The fourth-order valence-corrected chi connectivity index (χ4v) is 4.50. The number of sulfone groups is 1. The Balaban J connectivity index is 1.80. The first-order valence-corrected chi connectivity index (χ1v) is 9.31. The summed E-state index contributed by atoms with van der Waals surface area (Å²) in [5, 5.41) is 7.09. The molecule has 1 fully saturated rings. The van der Waals surface area contributed by atoms with Gasteiger partial charge in [0.2, 0.25) is 0 Å². The molecule has 122 valence electrons. The van der Waals surface area contributed by atoms with Gasteiger partial charge in [-0.05, 0) is 38.0 Å². The van der Waals surface area contributed by atoms with Crippen LogP contribution in [0.5, 0.6) is 0 Å². The zero-order valence-electron chi connectivity index (χ0n) is 13.1. The summed E-state index contributed by atoms with van der Waals surface area (Å²) in [5.74, 6) is -0.118. The average molecular weight is 333 g/mol. The number of aryl methyl sites for hydroxylation is 1. The summed E-state index contributed by atoms with van der Waals surface area (Å²) >= 11 is 0. The molecule has 2 aromatic rings. The quantitative estimate of drug-likeness (QED) is 0.921. The molecular formula is C16H19N3O3S. The summed E-state index contributed by atoms with van der Waals surface area (Å²) in [5.41, 5.74) is 3.20. The first-order chi connectivity index (χ1) is 10.9. The lowest BCUT2D eigenvalue weighted by Crippen LogP contribution is -2.35. The van der Waals surface area contributed by atoms with Crippen molar-refractivity contribution in [2.24, 2.45) is 0 Å². The Labute approximate surface area is 135 Å². The lowest BCUT2D eigenvalue weighted by atomic mass is 10.2. The number of rotatable bonds is 3. The van der Waals surface area contributed by atoms with E-state index in [1.165, 1.54) is 6.20 Å². The number of hydrogen-bond acceptors (Lipinski definition) is 4. The summed E-state index contributed by atoms with van der Waals surface area (Å²) in [7, 11) is -3.01. The fraction of sp³-hybridized carbons (Fsp3) is 0.375. The standard InChI is InChI=1S/C16H19N3O3S/c1-11-4-3-5-14(8-11)19-12(2)15(9-17-19)16(20)18-13-6-7-23(21,22)10-13/h3-5,8-9,13H,6-7,10H2,1-2H3,(H,18,20). The molecule has 23 heavy (non-hydrogen) atoms. The molecule has 1 aliphatic heterocycles. The van der Waals surface area contributed by atoms with Crippen LogP contribution in [-0.2, 0) is 9.84 Å². The number of aromatic nitrogens is 2. The number of carbonyl (C=O) groups excluding carboxylic acids is 1. The maximum atomic E-state index is 12.4. The Bertz CT molecular complexity index is 855. The van der Waals surface area contributed by atoms with Gasteiger partial charge < -0.3 is 5.32 Å². The molecule has 1 aromatic heterocycles. The minimum absolute atomic E-state index is 0.0177. The minimum Gasteiger partial charge on any atom is -0.348 e. The second kappa shape index (κ2) is 5.81. The molecule has 1 unspecified atom stereocenters. The molecular weight excluding hydrogens is 314 g/mol. The van der Waals surface area contributed by atoms with Crippen molar-refractivity contribution in [1.82, 2.24) is 15.1 Å². The maximum Gasteiger partial charge on any atom is 0.255 e. The van der Waals surface area contributed by atoms with Gasteiger partial charge in [0, 0.05) is 6.04 Å². The number of hydrogen-bond donors (Lipinski definition) is 1. The molecule has 1 amide bonds. The van der Waals surface area contributed by atoms with Crippen LogP contribution in [0.25, 0.3) is 5.69 Å². The number of nitrogens with one attached hydrogen (secondary N) is 1. The Morgan fingerprint density at radius 3 is 2.78 bits per heavy atom. The molecule has 1 aliphatic rings. The van der Waals surface area contributed by atoms with Crippen molar-refractivity contribution in [2.45, 2.75) is 26.3 Å². The van der Waals surface area contributed by atoms with Crippen LogP contribution in [0, 0.1) is 13.8 Å². The van der Waals surface area contributed by atoms with E-state index in [9.17, 15) is 13.2 Å². The molecule has 1 aromatic carbocycles. The Hall–Kier alpha value is -2.15. The molecule has 6 nitrogen and oxygen atoms in total. The average Bonchev–Trinajstić information content (AvgIpc) is 3.01. The smallest absolute Gasteiger partial charge is 0.255 e. The fourth-order valence-electron chi connectivity index (χ4n) is 2.82. The first-order valence-electron chi connectivity index (χ1n) is 7.49. The van der Waals surface area contributed by atoms with E-state index in [2.05, 4.69) is 10.4 Å². The van der Waals surface area contributed by atoms with Crippen molar-refractivity contribution >= 4 is 15.7 Å². The zero-order chi connectivity index (χ0) is 16.6. The molecule has 1 saturated heterocycles. The van der Waals surface area contributed by atoms with Gasteiger partial charge >= 0.3 is 0 Å². The van der Waals surface area contributed by atoms with E-state index < -0.39 is 9.84 Å². The van der Waals surface area contributed by atoms with Crippen LogP contribution in [0.4, 0.5) is 0 Å². The molecule has 0 bridgehead atoms.